The van der Waals surface area contributed by atoms with Crippen LogP contribution in [-0.2, 0) is 6.54 Å². The predicted octanol–water partition coefficient (Wildman–Crippen LogP) is 1.81. The van der Waals surface area contributed by atoms with Crippen LogP contribution in [0.5, 0.6) is 5.75 Å². The van der Waals surface area contributed by atoms with Gasteiger partial charge in [-0.15, -0.1) is 0 Å². The minimum atomic E-state index is 0.263. The summed E-state index contributed by atoms with van der Waals surface area (Å²) >= 11 is 0. The molecule has 5 nitrogen and oxygen atoms in total. The second-order valence-corrected chi connectivity index (χ2v) is 5.05. The lowest BCUT2D eigenvalue weighted by Crippen LogP contribution is -2.31. The van der Waals surface area contributed by atoms with E-state index in [2.05, 4.69) is 46.6 Å². The largest absolute Gasteiger partial charge is 0.497 e. The standard InChI is InChI=1S/C15H22N4O/c1-19(2)11-15(16-10-13-8-9-17-18-13)12-4-6-14(20-3)7-5-12/h4-9,15-16H,10-11H2,1-3H3,(H,17,18)/t15-/m1/s1. The van der Waals surface area contributed by atoms with Crippen molar-refractivity contribution in [1.29, 1.82) is 0 Å². The van der Waals surface area contributed by atoms with Gasteiger partial charge in [0.05, 0.1) is 7.11 Å². The highest BCUT2D eigenvalue weighted by atomic mass is 16.5. The summed E-state index contributed by atoms with van der Waals surface area (Å²) in [6.07, 6.45) is 1.77. The van der Waals surface area contributed by atoms with Crippen LogP contribution in [0.2, 0.25) is 0 Å². The van der Waals surface area contributed by atoms with Crippen LogP contribution < -0.4 is 10.1 Å². The fourth-order valence-electron chi connectivity index (χ4n) is 2.11. The van der Waals surface area contributed by atoms with E-state index >= 15 is 0 Å². The van der Waals surface area contributed by atoms with Crippen LogP contribution in [0, 0.1) is 0 Å². The van der Waals surface area contributed by atoms with Gasteiger partial charge in [0.1, 0.15) is 5.75 Å². The van der Waals surface area contributed by atoms with Gasteiger partial charge < -0.3 is 15.0 Å². The number of rotatable bonds is 7. The zero-order valence-electron chi connectivity index (χ0n) is 12.3. The first kappa shape index (κ1) is 14.6. The van der Waals surface area contributed by atoms with E-state index in [4.69, 9.17) is 4.74 Å². The number of ether oxygens (including phenoxy) is 1. The minimum absolute atomic E-state index is 0.263. The van der Waals surface area contributed by atoms with Crippen LogP contribution >= 0.6 is 0 Å². The molecule has 0 bridgehead atoms. The van der Waals surface area contributed by atoms with Crippen molar-refractivity contribution in [2.45, 2.75) is 12.6 Å². The van der Waals surface area contributed by atoms with Crippen LogP contribution in [0.3, 0.4) is 0 Å². The Balaban J connectivity index is 2.05. The average Bonchev–Trinajstić information content (AvgIpc) is 2.96. The number of aromatic amines is 1. The Morgan fingerprint density at radius 1 is 1.25 bits per heavy atom. The lowest BCUT2D eigenvalue weighted by molar-refractivity contribution is 0.339. The van der Waals surface area contributed by atoms with Crippen LogP contribution in [0.4, 0.5) is 0 Å². The quantitative estimate of drug-likeness (QED) is 0.808. The maximum Gasteiger partial charge on any atom is 0.118 e. The molecule has 0 spiro atoms. The zero-order chi connectivity index (χ0) is 14.4. The van der Waals surface area contributed by atoms with Gasteiger partial charge in [0, 0.05) is 31.0 Å². The second kappa shape index (κ2) is 7.07. The smallest absolute Gasteiger partial charge is 0.118 e. The molecule has 5 heteroatoms. The van der Waals surface area contributed by atoms with Gasteiger partial charge in [-0.25, -0.2) is 0 Å². The first-order valence-corrected chi connectivity index (χ1v) is 6.69. The fourth-order valence-corrected chi connectivity index (χ4v) is 2.11. The molecule has 20 heavy (non-hydrogen) atoms. The molecule has 0 aliphatic heterocycles. The van der Waals surface area contributed by atoms with Crippen molar-refractivity contribution in [2.75, 3.05) is 27.7 Å². The molecule has 0 fully saturated rings. The molecule has 0 saturated carbocycles. The van der Waals surface area contributed by atoms with Crippen molar-refractivity contribution in [3.8, 4) is 5.75 Å². The van der Waals surface area contributed by atoms with E-state index in [1.165, 1.54) is 5.56 Å². The molecule has 0 aliphatic rings. The van der Waals surface area contributed by atoms with Gasteiger partial charge in [0.25, 0.3) is 0 Å². The third-order valence-corrected chi connectivity index (χ3v) is 3.16. The Kier molecular flexibility index (Phi) is 5.15. The van der Waals surface area contributed by atoms with Gasteiger partial charge in [0.2, 0.25) is 0 Å². The number of hydrogen-bond acceptors (Lipinski definition) is 4. The third kappa shape index (κ3) is 4.08. The minimum Gasteiger partial charge on any atom is -0.497 e. The molecule has 2 aromatic rings. The highest BCUT2D eigenvalue weighted by Gasteiger charge is 2.12. The number of nitrogens with zero attached hydrogens (tertiary/aromatic N) is 2. The number of H-pyrrole nitrogens is 1. The molecule has 1 atom stereocenters. The third-order valence-electron chi connectivity index (χ3n) is 3.16. The van der Waals surface area contributed by atoms with Gasteiger partial charge in [-0.2, -0.15) is 5.10 Å². The number of methoxy groups -OCH3 is 1. The van der Waals surface area contributed by atoms with Crippen molar-refractivity contribution >= 4 is 0 Å². The van der Waals surface area contributed by atoms with Crippen LogP contribution in [-0.4, -0.2) is 42.8 Å². The van der Waals surface area contributed by atoms with Crippen molar-refractivity contribution in [2.24, 2.45) is 0 Å². The summed E-state index contributed by atoms with van der Waals surface area (Å²) in [5.74, 6) is 0.880. The van der Waals surface area contributed by atoms with Gasteiger partial charge in [-0.05, 0) is 37.9 Å². The van der Waals surface area contributed by atoms with E-state index in [1.54, 1.807) is 13.3 Å². The number of likely N-dealkylation sites (N-methyl/N-ethyl adjacent to an activating group) is 1. The number of nitrogens with one attached hydrogen (secondary N) is 2. The molecule has 0 unspecified atom stereocenters. The average molecular weight is 274 g/mol. The molecule has 108 valence electrons. The van der Waals surface area contributed by atoms with Crippen LogP contribution in [0.1, 0.15) is 17.3 Å². The van der Waals surface area contributed by atoms with Gasteiger partial charge in [0.15, 0.2) is 0 Å². The van der Waals surface area contributed by atoms with Gasteiger partial charge >= 0.3 is 0 Å². The predicted molar refractivity (Wildman–Crippen MR) is 79.7 cm³/mol. The fraction of sp³-hybridized carbons (Fsp3) is 0.400. The van der Waals surface area contributed by atoms with Crippen LogP contribution in [0.25, 0.3) is 0 Å². The summed E-state index contributed by atoms with van der Waals surface area (Å²) in [6, 6.07) is 10.4. The molecule has 1 heterocycles. The maximum absolute atomic E-state index is 5.20. The van der Waals surface area contributed by atoms with Crippen molar-refractivity contribution in [1.82, 2.24) is 20.4 Å². The summed E-state index contributed by atoms with van der Waals surface area (Å²) in [7, 11) is 5.84. The Bertz CT molecular complexity index is 493. The summed E-state index contributed by atoms with van der Waals surface area (Å²) < 4.78 is 5.20. The molecule has 1 aromatic carbocycles. The van der Waals surface area contributed by atoms with E-state index in [1.807, 2.05) is 18.2 Å². The number of aromatic nitrogens is 2. The maximum atomic E-state index is 5.20. The van der Waals surface area contributed by atoms with Crippen LogP contribution in [0.15, 0.2) is 36.5 Å². The highest BCUT2D eigenvalue weighted by molar-refractivity contribution is 5.29. The van der Waals surface area contributed by atoms with Crippen molar-refractivity contribution < 1.29 is 4.74 Å². The van der Waals surface area contributed by atoms with E-state index in [9.17, 15) is 0 Å². The summed E-state index contributed by atoms with van der Waals surface area (Å²) in [4.78, 5) is 2.18. The Hall–Kier alpha value is -1.85. The summed E-state index contributed by atoms with van der Waals surface area (Å²) in [5.41, 5.74) is 2.33. The number of hydrogen-bond donors (Lipinski definition) is 2. The molecular formula is C15H22N4O. The van der Waals surface area contributed by atoms with E-state index in [0.29, 0.717) is 0 Å². The normalized spacial score (nSPS) is 12.6. The van der Waals surface area contributed by atoms with Gasteiger partial charge in [-0.3, -0.25) is 5.10 Å². The molecule has 0 radical (unpaired) electrons. The first-order valence-electron chi connectivity index (χ1n) is 6.69. The van der Waals surface area contributed by atoms with E-state index < -0.39 is 0 Å². The molecule has 0 saturated heterocycles. The zero-order valence-corrected chi connectivity index (χ0v) is 12.3. The SMILES string of the molecule is COc1ccc([C@@H](CN(C)C)NCc2ccn[nH]2)cc1. The summed E-state index contributed by atoms with van der Waals surface area (Å²) in [5, 5.41) is 10.5. The topological polar surface area (TPSA) is 53.2 Å². The molecule has 1 aromatic heterocycles. The lowest BCUT2D eigenvalue weighted by Gasteiger charge is -2.23. The van der Waals surface area contributed by atoms with E-state index in [0.717, 1.165) is 24.5 Å². The molecular weight excluding hydrogens is 252 g/mol. The first-order chi connectivity index (χ1) is 9.69. The van der Waals surface area contributed by atoms with Crippen molar-refractivity contribution in [3.63, 3.8) is 0 Å². The highest BCUT2D eigenvalue weighted by Crippen LogP contribution is 2.18. The molecule has 2 N–H and O–H groups in total. The molecule has 0 amide bonds. The second-order valence-electron chi connectivity index (χ2n) is 5.05. The van der Waals surface area contributed by atoms with E-state index in [-0.39, 0.29) is 6.04 Å². The summed E-state index contributed by atoms with van der Waals surface area (Å²) in [6.45, 7) is 1.70. The Morgan fingerprint density at radius 3 is 2.55 bits per heavy atom. The van der Waals surface area contributed by atoms with Gasteiger partial charge in [-0.1, -0.05) is 12.1 Å². The molecule has 2 rings (SSSR count). The lowest BCUT2D eigenvalue weighted by atomic mass is 10.1. The van der Waals surface area contributed by atoms with Crippen molar-refractivity contribution in [3.05, 3.63) is 47.8 Å². The molecule has 0 aliphatic carbocycles. The Labute approximate surface area is 119 Å². The number of benzene rings is 1. The monoisotopic (exact) mass is 274 g/mol. The Morgan fingerprint density at radius 2 is 2.00 bits per heavy atom.